The smallest absolute Gasteiger partial charge is 0.218 e. The van der Waals surface area contributed by atoms with Gasteiger partial charge in [-0.25, -0.2) is 0 Å². The zero-order chi connectivity index (χ0) is 20.6. The van der Waals surface area contributed by atoms with E-state index in [2.05, 4.69) is 0 Å². The quantitative estimate of drug-likeness (QED) is 0.400. The van der Waals surface area contributed by atoms with Crippen molar-refractivity contribution in [3.8, 4) is 5.75 Å². The maximum Gasteiger partial charge on any atom is 0.218 e. The molecule has 0 amide bonds. The number of Topliss-reactive ketones (excluding diaryl/α,β-unsaturated/α-hetero) is 2. The van der Waals surface area contributed by atoms with Crippen LogP contribution in [0.4, 0.5) is 0 Å². The van der Waals surface area contributed by atoms with E-state index in [0.29, 0.717) is 24.3 Å². The van der Waals surface area contributed by atoms with Crippen LogP contribution in [0.25, 0.3) is 0 Å². The predicted octanol–water partition coefficient (Wildman–Crippen LogP) is 4.54. The molecular formula is C25H25NO3. The Balaban J connectivity index is 1.83. The second-order valence-electron chi connectivity index (χ2n) is 7.12. The molecule has 0 bridgehead atoms. The van der Waals surface area contributed by atoms with Crippen LogP contribution in [-0.2, 0) is 17.8 Å². The number of para-hydroxylation sites is 1. The number of carbonyl (C=O) groups excluding carboxylic acids is 2. The Morgan fingerprint density at radius 2 is 1.41 bits per heavy atom. The van der Waals surface area contributed by atoms with Crippen molar-refractivity contribution >= 4 is 11.6 Å². The van der Waals surface area contributed by atoms with Crippen LogP contribution in [0.3, 0.4) is 0 Å². The average Bonchev–Trinajstić information content (AvgIpc) is 2.73. The third-order valence-corrected chi connectivity index (χ3v) is 4.58. The van der Waals surface area contributed by atoms with Crippen molar-refractivity contribution in [3.05, 3.63) is 102 Å². The molecule has 0 aliphatic carbocycles. The van der Waals surface area contributed by atoms with E-state index < -0.39 is 6.23 Å². The third kappa shape index (κ3) is 5.87. The fourth-order valence-electron chi connectivity index (χ4n) is 3.14. The highest BCUT2D eigenvalue weighted by Crippen LogP contribution is 2.18. The van der Waals surface area contributed by atoms with E-state index in [9.17, 15) is 9.59 Å². The Morgan fingerprint density at radius 3 is 2.00 bits per heavy atom. The van der Waals surface area contributed by atoms with Crippen molar-refractivity contribution in [2.24, 2.45) is 0 Å². The van der Waals surface area contributed by atoms with Crippen molar-refractivity contribution in [3.63, 3.8) is 0 Å². The van der Waals surface area contributed by atoms with E-state index in [-0.39, 0.29) is 11.6 Å². The van der Waals surface area contributed by atoms with Crippen LogP contribution < -0.4 is 4.74 Å². The average molecular weight is 387 g/mol. The van der Waals surface area contributed by atoms with Crippen LogP contribution in [0, 0.1) is 0 Å². The number of ether oxygens (including phenoxy) is 1. The van der Waals surface area contributed by atoms with Gasteiger partial charge in [0.1, 0.15) is 11.5 Å². The highest BCUT2D eigenvalue weighted by Gasteiger charge is 2.26. The zero-order valence-electron chi connectivity index (χ0n) is 16.7. The van der Waals surface area contributed by atoms with Gasteiger partial charge in [0.25, 0.3) is 0 Å². The summed E-state index contributed by atoms with van der Waals surface area (Å²) in [5, 5.41) is 0. The summed E-state index contributed by atoms with van der Waals surface area (Å²) in [6.45, 7) is 2.13. The summed E-state index contributed by atoms with van der Waals surface area (Å²) in [5.74, 6) is 0.609. The SMILES string of the molecule is CC(=O)Cc1ccc(C(=O)C(Oc2ccccc2)N(C)Cc2ccccc2)cc1. The minimum absolute atomic E-state index is 0.0944. The first kappa shape index (κ1) is 20.5. The van der Waals surface area contributed by atoms with Gasteiger partial charge in [0.05, 0.1) is 0 Å². The third-order valence-electron chi connectivity index (χ3n) is 4.58. The largest absolute Gasteiger partial charge is 0.467 e. The molecule has 0 heterocycles. The number of ketones is 2. The monoisotopic (exact) mass is 387 g/mol. The number of rotatable bonds is 9. The Labute approximate surface area is 171 Å². The van der Waals surface area contributed by atoms with Gasteiger partial charge >= 0.3 is 0 Å². The van der Waals surface area contributed by atoms with Crippen LogP contribution in [0.15, 0.2) is 84.9 Å². The van der Waals surface area contributed by atoms with E-state index in [1.54, 1.807) is 19.1 Å². The summed E-state index contributed by atoms with van der Waals surface area (Å²) in [6.07, 6.45) is -0.400. The molecule has 0 fully saturated rings. The molecule has 0 spiro atoms. The number of hydrogen-bond acceptors (Lipinski definition) is 4. The summed E-state index contributed by atoms with van der Waals surface area (Å²) < 4.78 is 6.08. The number of carbonyl (C=O) groups is 2. The highest BCUT2D eigenvalue weighted by molar-refractivity contribution is 5.99. The molecular weight excluding hydrogens is 362 g/mol. The lowest BCUT2D eigenvalue weighted by molar-refractivity contribution is -0.116. The van der Waals surface area contributed by atoms with Crippen LogP contribution in [0.2, 0.25) is 0 Å². The van der Waals surface area contributed by atoms with Gasteiger partial charge in [0.15, 0.2) is 0 Å². The fraction of sp³-hybridized carbons (Fsp3) is 0.200. The van der Waals surface area contributed by atoms with Crippen molar-refractivity contribution in [1.82, 2.24) is 4.90 Å². The van der Waals surface area contributed by atoms with Crippen molar-refractivity contribution in [2.75, 3.05) is 7.05 Å². The van der Waals surface area contributed by atoms with Crippen molar-refractivity contribution in [2.45, 2.75) is 26.1 Å². The summed E-state index contributed by atoms with van der Waals surface area (Å²) in [5.41, 5.74) is 2.55. The molecule has 0 saturated carbocycles. The maximum atomic E-state index is 13.3. The lowest BCUT2D eigenvalue weighted by Gasteiger charge is -2.27. The lowest BCUT2D eigenvalue weighted by atomic mass is 10.0. The number of benzene rings is 3. The maximum absolute atomic E-state index is 13.3. The summed E-state index contributed by atoms with van der Waals surface area (Å²) in [7, 11) is 1.88. The van der Waals surface area contributed by atoms with E-state index in [0.717, 1.165) is 11.1 Å². The molecule has 3 aromatic rings. The van der Waals surface area contributed by atoms with Gasteiger partial charge in [0.2, 0.25) is 12.0 Å². The summed E-state index contributed by atoms with van der Waals surface area (Å²) in [6, 6.07) is 26.5. The van der Waals surface area contributed by atoms with Crippen LogP contribution >= 0.6 is 0 Å². The van der Waals surface area contributed by atoms with Gasteiger partial charge in [-0.3, -0.25) is 14.5 Å². The highest BCUT2D eigenvalue weighted by atomic mass is 16.5. The lowest BCUT2D eigenvalue weighted by Crippen LogP contribution is -2.42. The molecule has 0 N–H and O–H groups in total. The topological polar surface area (TPSA) is 46.6 Å². The van der Waals surface area contributed by atoms with Crippen LogP contribution in [-0.4, -0.2) is 29.7 Å². The Hall–Kier alpha value is -3.24. The van der Waals surface area contributed by atoms with Gasteiger partial charge < -0.3 is 4.74 Å². The number of nitrogens with zero attached hydrogens (tertiary/aromatic N) is 1. The molecule has 148 valence electrons. The summed E-state index contributed by atoms with van der Waals surface area (Å²) >= 11 is 0. The van der Waals surface area contributed by atoms with Crippen LogP contribution in [0.1, 0.15) is 28.4 Å². The fourth-order valence-corrected chi connectivity index (χ4v) is 3.14. The molecule has 0 saturated heterocycles. The second kappa shape index (κ2) is 9.80. The van der Waals surface area contributed by atoms with E-state index in [4.69, 9.17) is 4.74 Å². The zero-order valence-corrected chi connectivity index (χ0v) is 16.7. The number of likely N-dealkylation sites (N-methyl/N-ethyl adjacent to an activating group) is 1. The molecule has 0 aliphatic heterocycles. The minimum atomic E-state index is -0.767. The molecule has 0 aromatic heterocycles. The molecule has 4 heteroatoms. The molecule has 29 heavy (non-hydrogen) atoms. The van der Waals surface area contributed by atoms with Crippen LogP contribution in [0.5, 0.6) is 5.75 Å². The van der Waals surface area contributed by atoms with Gasteiger partial charge in [0, 0.05) is 18.5 Å². The van der Waals surface area contributed by atoms with Crippen molar-refractivity contribution in [1.29, 1.82) is 0 Å². The molecule has 0 radical (unpaired) electrons. The van der Waals surface area contributed by atoms with Crippen molar-refractivity contribution < 1.29 is 14.3 Å². The van der Waals surface area contributed by atoms with Gasteiger partial charge in [-0.1, -0.05) is 72.8 Å². The number of hydrogen-bond donors (Lipinski definition) is 0. The van der Waals surface area contributed by atoms with Gasteiger partial charge in [-0.2, -0.15) is 0 Å². The molecule has 3 rings (SSSR count). The minimum Gasteiger partial charge on any atom is -0.467 e. The second-order valence-corrected chi connectivity index (χ2v) is 7.12. The molecule has 4 nitrogen and oxygen atoms in total. The normalized spacial score (nSPS) is 11.8. The van der Waals surface area contributed by atoms with E-state index >= 15 is 0 Å². The predicted molar refractivity (Wildman–Crippen MR) is 114 cm³/mol. The first-order chi connectivity index (χ1) is 14.0. The molecule has 0 aliphatic rings. The Kier molecular flexibility index (Phi) is 6.93. The molecule has 1 atom stereocenters. The first-order valence-electron chi connectivity index (χ1n) is 9.61. The standard InChI is InChI=1S/C25H25NO3/c1-19(27)17-20-13-15-22(16-14-20)24(28)25(29-23-11-7-4-8-12-23)26(2)18-21-9-5-3-6-10-21/h3-16,25H,17-18H2,1-2H3. The van der Waals surface area contributed by atoms with Gasteiger partial charge in [-0.05, 0) is 37.2 Å². The van der Waals surface area contributed by atoms with E-state index in [1.807, 2.05) is 84.7 Å². The van der Waals surface area contributed by atoms with E-state index in [1.165, 1.54) is 0 Å². The van der Waals surface area contributed by atoms with Gasteiger partial charge in [-0.15, -0.1) is 0 Å². The Bertz CT molecular complexity index is 937. The summed E-state index contributed by atoms with van der Waals surface area (Å²) in [4.78, 5) is 26.5. The molecule has 1 unspecified atom stereocenters. The Morgan fingerprint density at radius 1 is 0.828 bits per heavy atom. The first-order valence-corrected chi connectivity index (χ1v) is 9.61. The molecule has 3 aromatic carbocycles.